The van der Waals surface area contributed by atoms with Crippen molar-refractivity contribution in [1.82, 2.24) is 20.1 Å². The first kappa shape index (κ1) is 29.0. The number of carbonyl (C=O) groups excluding carboxylic acids is 2. The van der Waals surface area contributed by atoms with Gasteiger partial charge in [-0.3, -0.25) is 14.4 Å². The number of ether oxygens (including phenoxy) is 1. The predicted molar refractivity (Wildman–Crippen MR) is 160 cm³/mol. The van der Waals surface area contributed by atoms with Gasteiger partial charge in [0.1, 0.15) is 16.7 Å². The Kier molecular flexibility index (Phi) is 8.39. The number of hydrogen-bond donors (Lipinski definition) is 1. The molecule has 0 radical (unpaired) electrons. The molecule has 0 saturated carbocycles. The van der Waals surface area contributed by atoms with Crippen LogP contribution in [-0.2, 0) is 16.1 Å². The van der Waals surface area contributed by atoms with E-state index in [1.807, 2.05) is 31.2 Å². The van der Waals surface area contributed by atoms with Crippen molar-refractivity contribution >= 4 is 34.2 Å². The van der Waals surface area contributed by atoms with Gasteiger partial charge in [0.15, 0.2) is 0 Å². The van der Waals surface area contributed by atoms with Crippen molar-refractivity contribution in [3.8, 4) is 5.75 Å². The Morgan fingerprint density at radius 3 is 2.64 bits per heavy atom. The molecule has 0 aliphatic carbocycles. The summed E-state index contributed by atoms with van der Waals surface area (Å²) in [4.78, 5) is 42.2. The first-order valence-electron chi connectivity index (χ1n) is 14.2. The molecule has 42 heavy (non-hydrogen) atoms. The number of anilines is 2. The summed E-state index contributed by atoms with van der Waals surface area (Å²) in [5, 5.41) is 12.0. The number of nitrogens with zero attached hydrogens (tertiary/aromatic N) is 5. The molecule has 2 amide bonds. The van der Waals surface area contributed by atoms with E-state index in [1.165, 1.54) is 6.26 Å². The third-order valence-corrected chi connectivity index (χ3v) is 7.78. The van der Waals surface area contributed by atoms with Crippen molar-refractivity contribution in [2.45, 2.75) is 46.2 Å². The van der Waals surface area contributed by atoms with E-state index in [2.05, 4.69) is 15.5 Å². The molecular formula is C31H36N6O5. The number of benzene rings is 1. The smallest absolute Gasteiger partial charge is 0.261 e. The van der Waals surface area contributed by atoms with Crippen LogP contribution >= 0.6 is 0 Å². The number of furan rings is 1. The third-order valence-electron chi connectivity index (χ3n) is 7.78. The number of hydrogen-bond acceptors (Lipinski definition) is 8. The molecule has 0 fully saturated rings. The monoisotopic (exact) mass is 572 g/mol. The highest BCUT2D eigenvalue weighted by atomic mass is 16.5. The van der Waals surface area contributed by atoms with E-state index in [4.69, 9.17) is 9.15 Å². The molecule has 1 atom stereocenters. The summed E-state index contributed by atoms with van der Waals surface area (Å²) < 4.78 is 13.1. The van der Waals surface area contributed by atoms with Crippen molar-refractivity contribution in [1.29, 1.82) is 0 Å². The minimum absolute atomic E-state index is 0.0412. The molecule has 5 rings (SSSR count). The van der Waals surface area contributed by atoms with E-state index < -0.39 is 5.41 Å². The number of amides is 2. The number of pyridine rings is 1. The Morgan fingerprint density at radius 1 is 1.05 bits per heavy atom. The zero-order valence-corrected chi connectivity index (χ0v) is 24.4. The second kappa shape index (κ2) is 12.2. The SMILES string of the molecule is CCN1C(=O)C(C)(C)C(=O)N(C)c2cc(OCCCNC(CCn3ccc4occc4c3=O)c3ccnnc3)ccc21. The van der Waals surface area contributed by atoms with Crippen molar-refractivity contribution in [3.05, 3.63) is 77.2 Å². The van der Waals surface area contributed by atoms with Crippen molar-refractivity contribution in [2.24, 2.45) is 5.41 Å². The Bertz CT molecular complexity index is 1630. The van der Waals surface area contributed by atoms with Crippen molar-refractivity contribution in [3.63, 3.8) is 0 Å². The maximum atomic E-state index is 13.1. The van der Waals surface area contributed by atoms with E-state index in [0.717, 1.165) is 5.56 Å². The van der Waals surface area contributed by atoms with Gasteiger partial charge in [-0.05, 0) is 76.1 Å². The number of nitrogens with one attached hydrogen (secondary N) is 1. The van der Waals surface area contributed by atoms with Gasteiger partial charge in [-0.25, -0.2) is 0 Å². The van der Waals surface area contributed by atoms with Crippen molar-refractivity contribution in [2.75, 3.05) is 36.5 Å². The number of aromatic nitrogens is 3. The molecule has 1 N–H and O–H groups in total. The molecule has 220 valence electrons. The number of fused-ring (bicyclic) bond motifs is 2. The van der Waals surface area contributed by atoms with Crippen LogP contribution in [0.25, 0.3) is 11.0 Å². The van der Waals surface area contributed by atoms with E-state index in [9.17, 15) is 14.4 Å². The fourth-order valence-electron chi connectivity index (χ4n) is 5.35. The van der Waals surface area contributed by atoms with E-state index >= 15 is 0 Å². The summed E-state index contributed by atoms with van der Waals surface area (Å²) in [6, 6.07) is 10.9. The Labute approximate surface area is 244 Å². The van der Waals surface area contributed by atoms with E-state index in [0.29, 0.717) is 67.2 Å². The maximum Gasteiger partial charge on any atom is 0.261 e. The molecule has 0 saturated heterocycles. The zero-order valence-electron chi connectivity index (χ0n) is 24.4. The summed E-state index contributed by atoms with van der Waals surface area (Å²) in [5.74, 6) is 0.154. The number of carbonyl (C=O) groups is 2. The fraction of sp³-hybridized carbons (Fsp3) is 0.387. The average Bonchev–Trinajstić information content (AvgIpc) is 3.48. The molecule has 11 nitrogen and oxygen atoms in total. The van der Waals surface area contributed by atoms with E-state index in [-0.39, 0.29) is 23.4 Å². The summed E-state index contributed by atoms with van der Waals surface area (Å²) in [7, 11) is 1.69. The van der Waals surface area contributed by atoms with Gasteiger partial charge in [0.2, 0.25) is 11.8 Å². The second-order valence-electron chi connectivity index (χ2n) is 10.9. The number of rotatable bonds is 11. The predicted octanol–water partition coefficient (Wildman–Crippen LogP) is 3.93. The lowest BCUT2D eigenvalue weighted by molar-refractivity contribution is -0.137. The van der Waals surface area contributed by atoms with E-state index in [1.54, 1.807) is 66.0 Å². The normalized spacial score (nSPS) is 15.5. The molecule has 4 aromatic rings. The Hall–Kier alpha value is -4.51. The highest BCUT2D eigenvalue weighted by Crippen LogP contribution is 2.40. The molecule has 4 heterocycles. The van der Waals surface area contributed by atoms with Crippen LogP contribution in [0.3, 0.4) is 0 Å². The van der Waals surface area contributed by atoms with Crippen LogP contribution in [0.5, 0.6) is 5.75 Å². The van der Waals surface area contributed by atoms with Gasteiger partial charge in [-0.1, -0.05) is 0 Å². The molecular weight excluding hydrogens is 536 g/mol. The highest BCUT2D eigenvalue weighted by molar-refractivity contribution is 6.20. The second-order valence-corrected chi connectivity index (χ2v) is 10.9. The lowest BCUT2D eigenvalue weighted by Gasteiger charge is -2.27. The molecule has 3 aromatic heterocycles. The largest absolute Gasteiger partial charge is 0.493 e. The standard InChI is InChI=1S/C31H36N6O5/c1-5-37-25-8-7-22(19-26(25)35(4)29(39)31(2,3)30(37)40)41-17-6-13-32-24(21-9-14-33-34-20-21)10-15-36-16-11-27-23(28(36)38)12-18-42-27/h7-9,11-12,14,16,18-20,24,32H,5-6,10,13,15,17H2,1-4H3. The minimum atomic E-state index is -1.16. The first-order chi connectivity index (χ1) is 20.2. The van der Waals surface area contributed by atoms with Crippen LogP contribution in [-0.4, -0.2) is 53.3 Å². The molecule has 0 bridgehead atoms. The highest BCUT2D eigenvalue weighted by Gasteiger charge is 2.45. The maximum absolute atomic E-state index is 13.1. The lowest BCUT2D eigenvalue weighted by atomic mass is 9.90. The lowest BCUT2D eigenvalue weighted by Crippen LogP contribution is -2.47. The van der Waals surface area contributed by atoms with Crippen LogP contribution in [0.2, 0.25) is 0 Å². The molecule has 11 heteroatoms. The average molecular weight is 573 g/mol. The number of aryl methyl sites for hydroxylation is 1. The van der Waals surface area contributed by atoms with Gasteiger partial charge in [0.25, 0.3) is 5.56 Å². The Balaban J connectivity index is 1.21. The van der Waals surface area contributed by atoms with Crippen LogP contribution in [0.4, 0.5) is 11.4 Å². The topological polar surface area (TPSA) is 123 Å². The van der Waals surface area contributed by atoms with Crippen LogP contribution in [0, 0.1) is 5.41 Å². The van der Waals surface area contributed by atoms with Crippen molar-refractivity contribution < 1.29 is 18.7 Å². The summed E-state index contributed by atoms with van der Waals surface area (Å²) in [6.45, 7) is 7.32. The Morgan fingerprint density at radius 2 is 1.88 bits per heavy atom. The van der Waals surface area contributed by atoms with Crippen LogP contribution < -0.4 is 25.4 Å². The van der Waals surface area contributed by atoms with Gasteiger partial charge in [-0.2, -0.15) is 10.2 Å². The molecule has 1 unspecified atom stereocenters. The van der Waals surface area contributed by atoms with Gasteiger partial charge in [-0.15, -0.1) is 0 Å². The summed E-state index contributed by atoms with van der Waals surface area (Å²) in [5.41, 5.74) is 1.67. The first-order valence-corrected chi connectivity index (χ1v) is 14.2. The van der Waals surface area contributed by atoms with Gasteiger partial charge >= 0.3 is 0 Å². The van der Waals surface area contributed by atoms with Gasteiger partial charge in [0, 0.05) is 44.6 Å². The molecule has 1 aliphatic heterocycles. The van der Waals surface area contributed by atoms with Crippen LogP contribution in [0.1, 0.15) is 45.2 Å². The fourth-order valence-corrected chi connectivity index (χ4v) is 5.35. The molecule has 0 spiro atoms. The minimum Gasteiger partial charge on any atom is -0.493 e. The third kappa shape index (κ3) is 5.64. The van der Waals surface area contributed by atoms with Crippen LogP contribution in [0.15, 0.2) is 70.5 Å². The summed E-state index contributed by atoms with van der Waals surface area (Å²) >= 11 is 0. The quantitative estimate of drug-likeness (QED) is 0.212. The molecule has 1 aliphatic rings. The molecule has 1 aromatic carbocycles. The zero-order chi connectivity index (χ0) is 29.9. The van der Waals surface area contributed by atoms with Gasteiger partial charge < -0.3 is 28.8 Å². The summed E-state index contributed by atoms with van der Waals surface area (Å²) in [6.07, 6.45) is 8.06. The van der Waals surface area contributed by atoms with Gasteiger partial charge in [0.05, 0.1) is 35.8 Å².